The van der Waals surface area contributed by atoms with E-state index >= 15 is 0 Å². The van der Waals surface area contributed by atoms with Crippen molar-refractivity contribution >= 4 is 11.7 Å². The van der Waals surface area contributed by atoms with Gasteiger partial charge in [-0.2, -0.15) is 5.26 Å². The quantitative estimate of drug-likeness (QED) is 0.759. The van der Waals surface area contributed by atoms with Crippen LogP contribution in [0, 0.1) is 11.3 Å². The van der Waals surface area contributed by atoms with Crippen LogP contribution in [0.25, 0.3) is 0 Å². The van der Waals surface area contributed by atoms with E-state index in [-0.39, 0.29) is 6.42 Å². The second kappa shape index (κ2) is 6.33. The molecule has 17 heavy (non-hydrogen) atoms. The van der Waals surface area contributed by atoms with E-state index in [0.717, 1.165) is 5.69 Å². The van der Waals surface area contributed by atoms with Crippen LogP contribution in [-0.2, 0) is 4.79 Å². The van der Waals surface area contributed by atoms with Crippen LogP contribution < -0.4 is 4.90 Å². The number of nitriles is 1. The molecule has 4 heteroatoms. The minimum atomic E-state index is -0.837. The second-order valence-corrected chi connectivity index (χ2v) is 3.54. The molecule has 1 aromatic rings. The van der Waals surface area contributed by atoms with Gasteiger partial charge >= 0.3 is 5.97 Å². The van der Waals surface area contributed by atoms with Crippen LogP contribution in [0.5, 0.6) is 0 Å². The van der Waals surface area contributed by atoms with Crippen molar-refractivity contribution in [3.05, 3.63) is 42.5 Å². The minimum absolute atomic E-state index is 0.0601. The molecule has 0 bridgehead atoms. The summed E-state index contributed by atoms with van der Waals surface area (Å²) >= 11 is 0. The third-order valence-electron chi connectivity index (χ3n) is 2.29. The predicted molar refractivity (Wildman–Crippen MR) is 65.8 cm³/mol. The molecule has 0 heterocycles. The van der Waals surface area contributed by atoms with Gasteiger partial charge in [0.15, 0.2) is 0 Å². The van der Waals surface area contributed by atoms with E-state index in [1.807, 2.05) is 11.0 Å². The maximum atomic E-state index is 10.6. The van der Waals surface area contributed by atoms with Crippen LogP contribution in [0.3, 0.4) is 0 Å². The van der Waals surface area contributed by atoms with E-state index in [1.54, 1.807) is 24.3 Å². The molecule has 88 valence electrons. The number of carbonyl (C=O) groups is 1. The van der Waals surface area contributed by atoms with E-state index in [0.29, 0.717) is 18.7 Å². The molecule has 0 amide bonds. The van der Waals surface area contributed by atoms with Crippen molar-refractivity contribution in [1.29, 1.82) is 5.26 Å². The van der Waals surface area contributed by atoms with Crippen LogP contribution in [0.1, 0.15) is 12.0 Å². The van der Waals surface area contributed by atoms with Crippen molar-refractivity contribution in [2.45, 2.75) is 6.42 Å². The fourth-order valence-corrected chi connectivity index (χ4v) is 1.48. The van der Waals surface area contributed by atoms with E-state index in [4.69, 9.17) is 10.4 Å². The summed E-state index contributed by atoms with van der Waals surface area (Å²) in [5, 5.41) is 17.5. The number of aliphatic carboxylic acids is 1. The first kappa shape index (κ1) is 12.8. The molecule has 0 saturated carbocycles. The van der Waals surface area contributed by atoms with Crippen LogP contribution >= 0.6 is 0 Å². The molecule has 1 rings (SSSR count). The second-order valence-electron chi connectivity index (χ2n) is 3.54. The highest BCUT2D eigenvalue weighted by molar-refractivity contribution is 5.67. The van der Waals surface area contributed by atoms with Gasteiger partial charge in [-0.3, -0.25) is 4.79 Å². The first-order valence-electron chi connectivity index (χ1n) is 5.25. The summed E-state index contributed by atoms with van der Waals surface area (Å²) in [6.45, 7) is 4.60. The summed E-state index contributed by atoms with van der Waals surface area (Å²) in [7, 11) is 0. The first-order valence-corrected chi connectivity index (χ1v) is 5.25. The predicted octanol–water partition coefficient (Wildman–Crippen LogP) is 2.03. The number of rotatable bonds is 6. The number of anilines is 1. The number of nitrogens with zero attached hydrogens (tertiary/aromatic N) is 2. The number of benzene rings is 1. The Labute approximate surface area is 100 Å². The SMILES string of the molecule is C=CCN(CCC(=O)O)c1cccc(C#N)c1. The van der Waals surface area contributed by atoms with Gasteiger partial charge in [0.05, 0.1) is 18.1 Å². The van der Waals surface area contributed by atoms with Crippen LogP contribution in [0.2, 0.25) is 0 Å². The lowest BCUT2D eigenvalue weighted by Gasteiger charge is -2.22. The molecule has 0 unspecified atom stereocenters. The summed E-state index contributed by atoms with van der Waals surface area (Å²) in [5.74, 6) is -0.837. The molecule has 4 nitrogen and oxygen atoms in total. The molecule has 0 spiro atoms. The Morgan fingerprint density at radius 2 is 2.35 bits per heavy atom. The average molecular weight is 230 g/mol. The number of carboxylic acids is 1. The van der Waals surface area contributed by atoms with Crippen molar-refractivity contribution in [1.82, 2.24) is 0 Å². The fourth-order valence-electron chi connectivity index (χ4n) is 1.48. The highest BCUT2D eigenvalue weighted by Gasteiger charge is 2.07. The molecule has 0 aliphatic carbocycles. The van der Waals surface area contributed by atoms with Gasteiger partial charge in [-0.05, 0) is 18.2 Å². The van der Waals surface area contributed by atoms with Gasteiger partial charge < -0.3 is 10.0 Å². The van der Waals surface area contributed by atoms with Gasteiger partial charge in [0.2, 0.25) is 0 Å². The zero-order chi connectivity index (χ0) is 12.7. The molecular formula is C13H14N2O2. The summed E-state index contributed by atoms with van der Waals surface area (Å²) in [6.07, 6.45) is 1.77. The number of carboxylic acid groups (broad SMARTS) is 1. The van der Waals surface area contributed by atoms with E-state index in [9.17, 15) is 4.79 Å². The smallest absolute Gasteiger partial charge is 0.305 e. The molecule has 1 N–H and O–H groups in total. The van der Waals surface area contributed by atoms with Crippen LogP contribution in [0.15, 0.2) is 36.9 Å². The number of hydrogen-bond donors (Lipinski definition) is 1. The molecule has 0 atom stereocenters. The zero-order valence-electron chi connectivity index (χ0n) is 9.47. The van der Waals surface area contributed by atoms with Crippen molar-refractivity contribution in [2.24, 2.45) is 0 Å². The Hall–Kier alpha value is -2.28. The summed E-state index contributed by atoms with van der Waals surface area (Å²) in [5.41, 5.74) is 1.40. The van der Waals surface area contributed by atoms with Gasteiger partial charge in [-0.15, -0.1) is 6.58 Å². The first-order chi connectivity index (χ1) is 8.17. The molecule has 0 fully saturated rings. The van der Waals surface area contributed by atoms with E-state index in [2.05, 4.69) is 12.6 Å². The standard InChI is InChI=1S/C13H14N2O2/c1-2-7-15(8-6-13(16)17)12-5-3-4-11(9-12)10-14/h2-5,9H,1,6-8H2,(H,16,17). The molecule has 0 saturated heterocycles. The molecule has 0 aliphatic heterocycles. The monoisotopic (exact) mass is 230 g/mol. The largest absolute Gasteiger partial charge is 0.481 e. The van der Waals surface area contributed by atoms with Crippen molar-refractivity contribution in [3.8, 4) is 6.07 Å². The van der Waals surface area contributed by atoms with Gasteiger partial charge in [-0.1, -0.05) is 12.1 Å². The lowest BCUT2D eigenvalue weighted by molar-refractivity contribution is -0.136. The van der Waals surface area contributed by atoms with Crippen LogP contribution in [-0.4, -0.2) is 24.2 Å². The Morgan fingerprint density at radius 1 is 1.59 bits per heavy atom. The van der Waals surface area contributed by atoms with E-state index < -0.39 is 5.97 Å². The molecule has 0 aromatic heterocycles. The summed E-state index contributed by atoms with van der Waals surface area (Å²) in [6, 6.07) is 9.15. The Morgan fingerprint density at radius 3 is 2.94 bits per heavy atom. The Balaban J connectivity index is 2.84. The Kier molecular flexibility index (Phi) is 4.77. The minimum Gasteiger partial charge on any atom is -0.481 e. The third-order valence-corrected chi connectivity index (χ3v) is 2.29. The van der Waals surface area contributed by atoms with Crippen molar-refractivity contribution in [3.63, 3.8) is 0 Å². The molecule has 1 aromatic carbocycles. The van der Waals surface area contributed by atoms with Gasteiger partial charge in [0.25, 0.3) is 0 Å². The van der Waals surface area contributed by atoms with E-state index in [1.165, 1.54) is 0 Å². The average Bonchev–Trinajstić information content (AvgIpc) is 2.34. The maximum Gasteiger partial charge on any atom is 0.305 e. The van der Waals surface area contributed by atoms with Crippen molar-refractivity contribution < 1.29 is 9.90 Å². The topological polar surface area (TPSA) is 64.3 Å². The van der Waals surface area contributed by atoms with Gasteiger partial charge in [0.1, 0.15) is 0 Å². The maximum absolute atomic E-state index is 10.6. The van der Waals surface area contributed by atoms with Crippen LogP contribution in [0.4, 0.5) is 5.69 Å². The summed E-state index contributed by atoms with van der Waals surface area (Å²) < 4.78 is 0. The molecule has 0 radical (unpaired) electrons. The highest BCUT2D eigenvalue weighted by Crippen LogP contribution is 2.16. The highest BCUT2D eigenvalue weighted by atomic mass is 16.4. The molecule has 0 aliphatic rings. The lowest BCUT2D eigenvalue weighted by Crippen LogP contribution is -2.26. The number of hydrogen-bond acceptors (Lipinski definition) is 3. The fraction of sp³-hybridized carbons (Fsp3) is 0.231. The normalized spacial score (nSPS) is 9.35. The van der Waals surface area contributed by atoms with Gasteiger partial charge in [0, 0.05) is 18.8 Å². The zero-order valence-corrected chi connectivity index (χ0v) is 9.47. The lowest BCUT2D eigenvalue weighted by atomic mass is 10.2. The Bertz CT molecular complexity index is 449. The van der Waals surface area contributed by atoms with Crippen molar-refractivity contribution in [2.75, 3.05) is 18.0 Å². The third kappa shape index (κ3) is 3.99. The summed E-state index contributed by atoms with van der Waals surface area (Å²) in [4.78, 5) is 12.4. The van der Waals surface area contributed by atoms with Gasteiger partial charge in [-0.25, -0.2) is 0 Å². The molecular weight excluding hydrogens is 216 g/mol.